The van der Waals surface area contributed by atoms with E-state index in [2.05, 4.69) is 10.1 Å². The zero-order valence-corrected chi connectivity index (χ0v) is 10.5. The molecule has 0 aliphatic heterocycles. The highest BCUT2D eigenvalue weighted by Gasteiger charge is 2.34. The number of aliphatic carboxylic acids is 1. The van der Waals surface area contributed by atoms with Crippen LogP contribution in [0, 0.1) is 12.8 Å². The van der Waals surface area contributed by atoms with Gasteiger partial charge in [0.05, 0.1) is 17.7 Å². The van der Waals surface area contributed by atoms with Crippen LogP contribution < -0.4 is 0 Å². The number of hydrogen-bond acceptors (Lipinski definition) is 5. The number of hydrogen-bond donors (Lipinski definition) is 1. The second-order valence-electron chi connectivity index (χ2n) is 4.89. The molecule has 0 aromatic carbocycles. The number of carboxylic acid groups (broad SMARTS) is 1. The SMILES string of the molecule is Cc1occc1-c1noc(C2CCC(C(=O)O)C2)n1. The average Bonchev–Trinajstić information content (AvgIpc) is 3.07. The van der Waals surface area contributed by atoms with Crippen LogP contribution in [0.5, 0.6) is 0 Å². The highest BCUT2D eigenvalue weighted by atomic mass is 16.5. The van der Waals surface area contributed by atoms with Crippen molar-refractivity contribution < 1.29 is 18.8 Å². The largest absolute Gasteiger partial charge is 0.481 e. The lowest BCUT2D eigenvalue weighted by Gasteiger charge is -2.02. The summed E-state index contributed by atoms with van der Waals surface area (Å²) in [5, 5.41) is 12.9. The Balaban J connectivity index is 1.79. The number of aryl methyl sites for hydroxylation is 1. The number of carboxylic acids is 1. The fourth-order valence-electron chi connectivity index (χ4n) is 2.56. The summed E-state index contributed by atoms with van der Waals surface area (Å²) in [5.74, 6) is 0.778. The second kappa shape index (κ2) is 4.53. The molecule has 0 bridgehead atoms. The lowest BCUT2D eigenvalue weighted by molar-refractivity contribution is -0.141. The van der Waals surface area contributed by atoms with Crippen molar-refractivity contribution in [2.24, 2.45) is 5.92 Å². The zero-order valence-electron chi connectivity index (χ0n) is 10.5. The average molecular weight is 262 g/mol. The van der Waals surface area contributed by atoms with Crippen molar-refractivity contribution in [2.75, 3.05) is 0 Å². The van der Waals surface area contributed by atoms with Gasteiger partial charge in [-0.1, -0.05) is 5.16 Å². The molecule has 0 spiro atoms. The van der Waals surface area contributed by atoms with Gasteiger partial charge in [-0.25, -0.2) is 0 Å². The third kappa shape index (κ3) is 2.14. The predicted molar refractivity (Wildman–Crippen MR) is 64.5 cm³/mol. The smallest absolute Gasteiger partial charge is 0.306 e. The summed E-state index contributed by atoms with van der Waals surface area (Å²) in [6, 6.07) is 1.79. The molecule has 6 heteroatoms. The van der Waals surface area contributed by atoms with E-state index < -0.39 is 5.97 Å². The lowest BCUT2D eigenvalue weighted by Crippen LogP contribution is -2.09. The van der Waals surface area contributed by atoms with E-state index in [4.69, 9.17) is 14.0 Å². The van der Waals surface area contributed by atoms with Crippen LogP contribution in [0.25, 0.3) is 11.4 Å². The molecular weight excluding hydrogens is 248 g/mol. The van der Waals surface area contributed by atoms with E-state index in [1.54, 1.807) is 12.3 Å². The molecule has 100 valence electrons. The number of nitrogens with zero attached hydrogens (tertiary/aromatic N) is 2. The Morgan fingerprint density at radius 1 is 1.47 bits per heavy atom. The molecule has 2 heterocycles. The molecular formula is C13H14N2O4. The maximum absolute atomic E-state index is 10.9. The molecule has 2 atom stereocenters. The molecule has 3 rings (SSSR count). The Kier molecular flexibility index (Phi) is 2.85. The van der Waals surface area contributed by atoms with Crippen molar-refractivity contribution in [3.8, 4) is 11.4 Å². The van der Waals surface area contributed by atoms with Gasteiger partial charge in [-0.3, -0.25) is 4.79 Å². The molecule has 1 aliphatic carbocycles. The van der Waals surface area contributed by atoms with Gasteiger partial charge in [-0.15, -0.1) is 0 Å². The minimum Gasteiger partial charge on any atom is -0.481 e. The van der Waals surface area contributed by atoms with E-state index in [1.807, 2.05) is 6.92 Å². The topological polar surface area (TPSA) is 89.4 Å². The molecule has 6 nitrogen and oxygen atoms in total. The maximum atomic E-state index is 10.9. The van der Waals surface area contributed by atoms with Crippen LogP contribution in [0.15, 0.2) is 21.3 Å². The molecule has 2 unspecified atom stereocenters. The van der Waals surface area contributed by atoms with Gasteiger partial charge in [0.2, 0.25) is 11.7 Å². The molecule has 1 saturated carbocycles. The van der Waals surface area contributed by atoms with Gasteiger partial charge < -0.3 is 14.0 Å². The van der Waals surface area contributed by atoms with Crippen LogP contribution in [-0.4, -0.2) is 21.2 Å². The molecule has 19 heavy (non-hydrogen) atoms. The van der Waals surface area contributed by atoms with Gasteiger partial charge in [-0.05, 0) is 32.3 Å². The first-order valence-corrected chi connectivity index (χ1v) is 6.26. The Labute approximate surface area is 109 Å². The minimum atomic E-state index is -0.743. The van der Waals surface area contributed by atoms with Crippen LogP contribution >= 0.6 is 0 Å². The van der Waals surface area contributed by atoms with Gasteiger partial charge in [0.25, 0.3) is 0 Å². The van der Waals surface area contributed by atoms with Gasteiger partial charge >= 0.3 is 5.97 Å². The Hall–Kier alpha value is -2.11. The molecule has 1 aliphatic rings. The molecule has 0 saturated heterocycles. The summed E-state index contributed by atoms with van der Waals surface area (Å²) in [7, 11) is 0. The van der Waals surface area contributed by atoms with Gasteiger partial charge in [0, 0.05) is 5.92 Å². The van der Waals surface area contributed by atoms with Crippen LogP contribution in [0.1, 0.15) is 36.8 Å². The standard InChI is InChI=1S/C13H14N2O4/c1-7-10(4-5-18-7)11-14-12(19-15-11)8-2-3-9(6-8)13(16)17/h4-5,8-9H,2-3,6H2,1H3,(H,16,17). The molecule has 1 N–H and O–H groups in total. The van der Waals surface area contributed by atoms with Gasteiger partial charge in [0.15, 0.2) is 0 Å². The summed E-state index contributed by atoms with van der Waals surface area (Å²) in [4.78, 5) is 15.3. The van der Waals surface area contributed by atoms with Crippen molar-refractivity contribution in [3.05, 3.63) is 24.0 Å². The van der Waals surface area contributed by atoms with Crippen LogP contribution in [0.2, 0.25) is 0 Å². The molecule has 2 aromatic heterocycles. The highest BCUT2D eigenvalue weighted by molar-refractivity contribution is 5.70. The third-order valence-corrected chi connectivity index (χ3v) is 3.67. The van der Waals surface area contributed by atoms with E-state index in [-0.39, 0.29) is 11.8 Å². The zero-order chi connectivity index (χ0) is 13.4. The highest BCUT2D eigenvalue weighted by Crippen LogP contribution is 2.38. The first kappa shape index (κ1) is 12.0. The van der Waals surface area contributed by atoms with E-state index in [0.717, 1.165) is 17.7 Å². The monoisotopic (exact) mass is 262 g/mol. The third-order valence-electron chi connectivity index (χ3n) is 3.67. The molecule has 0 radical (unpaired) electrons. The summed E-state index contributed by atoms with van der Waals surface area (Å²) in [6.07, 6.45) is 3.60. The molecule has 1 fully saturated rings. The van der Waals surface area contributed by atoms with Crippen molar-refractivity contribution >= 4 is 5.97 Å². The Morgan fingerprint density at radius 2 is 2.32 bits per heavy atom. The Morgan fingerprint density at radius 3 is 2.95 bits per heavy atom. The fourth-order valence-corrected chi connectivity index (χ4v) is 2.56. The van der Waals surface area contributed by atoms with Crippen molar-refractivity contribution in [3.63, 3.8) is 0 Å². The minimum absolute atomic E-state index is 0.0505. The predicted octanol–water partition coefficient (Wildman–Crippen LogP) is 2.61. The number of furan rings is 1. The van der Waals surface area contributed by atoms with E-state index in [1.165, 1.54) is 0 Å². The normalized spacial score (nSPS) is 22.8. The molecule has 2 aromatic rings. The summed E-state index contributed by atoms with van der Waals surface area (Å²) >= 11 is 0. The number of aromatic nitrogens is 2. The van der Waals surface area contributed by atoms with Crippen LogP contribution in [-0.2, 0) is 4.79 Å². The maximum Gasteiger partial charge on any atom is 0.306 e. The van der Waals surface area contributed by atoms with E-state index in [9.17, 15) is 4.79 Å². The number of carbonyl (C=O) groups is 1. The summed E-state index contributed by atoms with van der Waals surface area (Å²) < 4.78 is 10.5. The van der Waals surface area contributed by atoms with Crippen LogP contribution in [0.4, 0.5) is 0 Å². The van der Waals surface area contributed by atoms with Crippen molar-refractivity contribution in [1.82, 2.24) is 10.1 Å². The van der Waals surface area contributed by atoms with Crippen LogP contribution in [0.3, 0.4) is 0 Å². The quantitative estimate of drug-likeness (QED) is 0.914. The summed E-state index contributed by atoms with van der Waals surface area (Å²) in [5.41, 5.74) is 0.808. The first-order chi connectivity index (χ1) is 9.15. The van der Waals surface area contributed by atoms with Crippen molar-refractivity contribution in [2.45, 2.75) is 32.1 Å². The lowest BCUT2D eigenvalue weighted by atomic mass is 10.1. The fraction of sp³-hybridized carbons (Fsp3) is 0.462. The summed E-state index contributed by atoms with van der Waals surface area (Å²) in [6.45, 7) is 1.83. The van der Waals surface area contributed by atoms with Crippen molar-refractivity contribution in [1.29, 1.82) is 0 Å². The second-order valence-corrected chi connectivity index (χ2v) is 4.89. The first-order valence-electron chi connectivity index (χ1n) is 6.26. The Bertz CT molecular complexity index is 601. The van der Waals surface area contributed by atoms with E-state index in [0.29, 0.717) is 24.6 Å². The van der Waals surface area contributed by atoms with Gasteiger partial charge in [-0.2, -0.15) is 4.98 Å². The van der Waals surface area contributed by atoms with Gasteiger partial charge in [0.1, 0.15) is 5.76 Å². The molecule has 0 amide bonds. The number of rotatable bonds is 3. The van der Waals surface area contributed by atoms with E-state index >= 15 is 0 Å².